The molecule has 2 aromatic rings. The van der Waals surface area contributed by atoms with Gasteiger partial charge < -0.3 is 9.84 Å². The summed E-state index contributed by atoms with van der Waals surface area (Å²) in [5.74, 6) is 0.942. The molecule has 0 radical (unpaired) electrons. The molecule has 5 nitrogen and oxygen atoms in total. The molecule has 2 atom stereocenters. The SMILES string of the molecule is N#Cc1ccc(OC2CNNC2c2ccccc2O)cc1. The molecule has 0 aliphatic carbocycles. The number of hydrazine groups is 1. The van der Waals surface area contributed by atoms with Crippen LogP contribution >= 0.6 is 0 Å². The molecule has 106 valence electrons. The number of hydrogen-bond donors (Lipinski definition) is 3. The highest BCUT2D eigenvalue weighted by Gasteiger charge is 2.31. The van der Waals surface area contributed by atoms with Crippen molar-refractivity contribution in [3.05, 3.63) is 59.7 Å². The number of aromatic hydroxyl groups is 1. The molecule has 0 aromatic heterocycles. The molecule has 0 bridgehead atoms. The second-order valence-electron chi connectivity index (χ2n) is 4.85. The van der Waals surface area contributed by atoms with Crippen LogP contribution in [0.5, 0.6) is 11.5 Å². The average Bonchev–Trinajstić information content (AvgIpc) is 2.96. The van der Waals surface area contributed by atoms with E-state index in [0.29, 0.717) is 17.9 Å². The van der Waals surface area contributed by atoms with Gasteiger partial charge in [0.25, 0.3) is 0 Å². The van der Waals surface area contributed by atoms with Gasteiger partial charge in [0.2, 0.25) is 0 Å². The predicted octanol–water partition coefficient (Wildman–Crippen LogP) is 1.86. The molecule has 1 heterocycles. The number of ether oxygens (including phenoxy) is 1. The molecule has 5 heteroatoms. The van der Waals surface area contributed by atoms with Gasteiger partial charge in [0, 0.05) is 12.1 Å². The van der Waals surface area contributed by atoms with Crippen LogP contribution in [0.3, 0.4) is 0 Å². The van der Waals surface area contributed by atoms with Crippen molar-refractivity contribution in [2.45, 2.75) is 12.1 Å². The number of nitrogens with one attached hydrogen (secondary N) is 2. The van der Waals surface area contributed by atoms with Gasteiger partial charge in [-0.2, -0.15) is 5.26 Å². The van der Waals surface area contributed by atoms with Crippen LogP contribution in [0, 0.1) is 11.3 Å². The molecule has 21 heavy (non-hydrogen) atoms. The minimum absolute atomic E-state index is 0.137. The summed E-state index contributed by atoms with van der Waals surface area (Å²) in [6, 6.07) is 16.1. The zero-order valence-corrected chi connectivity index (χ0v) is 11.3. The van der Waals surface area contributed by atoms with Crippen molar-refractivity contribution in [2.75, 3.05) is 6.54 Å². The first-order valence-corrected chi connectivity index (χ1v) is 6.71. The lowest BCUT2D eigenvalue weighted by Crippen LogP contribution is -2.28. The van der Waals surface area contributed by atoms with Gasteiger partial charge in [0.15, 0.2) is 0 Å². The highest BCUT2D eigenvalue weighted by atomic mass is 16.5. The van der Waals surface area contributed by atoms with Crippen molar-refractivity contribution < 1.29 is 9.84 Å². The number of phenolic OH excluding ortho intramolecular Hbond substituents is 1. The summed E-state index contributed by atoms with van der Waals surface area (Å²) < 4.78 is 5.95. The lowest BCUT2D eigenvalue weighted by Gasteiger charge is -2.21. The van der Waals surface area contributed by atoms with Crippen molar-refractivity contribution in [1.29, 1.82) is 5.26 Å². The van der Waals surface area contributed by atoms with E-state index >= 15 is 0 Å². The Morgan fingerprint density at radius 3 is 2.62 bits per heavy atom. The molecule has 3 rings (SSSR count). The van der Waals surface area contributed by atoms with E-state index < -0.39 is 0 Å². The Morgan fingerprint density at radius 1 is 1.14 bits per heavy atom. The van der Waals surface area contributed by atoms with E-state index in [2.05, 4.69) is 16.9 Å². The summed E-state index contributed by atoms with van der Waals surface area (Å²) in [4.78, 5) is 0. The number of benzene rings is 2. The topological polar surface area (TPSA) is 77.3 Å². The van der Waals surface area contributed by atoms with Crippen LogP contribution in [-0.2, 0) is 0 Å². The maximum Gasteiger partial charge on any atom is 0.133 e. The van der Waals surface area contributed by atoms with Crippen LogP contribution in [0.25, 0.3) is 0 Å². The van der Waals surface area contributed by atoms with Crippen molar-refractivity contribution in [3.8, 4) is 17.6 Å². The number of phenols is 1. The maximum absolute atomic E-state index is 9.96. The third-order valence-corrected chi connectivity index (χ3v) is 3.48. The van der Waals surface area contributed by atoms with Gasteiger partial charge >= 0.3 is 0 Å². The monoisotopic (exact) mass is 281 g/mol. The van der Waals surface area contributed by atoms with Crippen molar-refractivity contribution in [3.63, 3.8) is 0 Å². The molecule has 1 aliphatic heterocycles. The Morgan fingerprint density at radius 2 is 1.90 bits per heavy atom. The fraction of sp³-hybridized carbons (Fsp3) is 0.188. The first-order chi connectivity index (χ1) is 10.3. The van der Waals surface area contributed by atoms with Crippen LogP contribution < -0.4 is 15.6 Å². The number of rotatable bonds is 3. The molecule has 2 unspecified atom stereocenters. The van der Waals surface area contributed by atoms with E-state index in [1.54, 1.807) is 36.4 Å². The molecule has 3 N–H and O–H groups in total. The second kappa shape index (κ2) is 5.83. The lowest BCUT2D eigenvalue weighted by atomic mass is 10.0. The van der Waals surface area contributed by atoms with Crippen molar-refractivity contribution >= 4 is 0 Å². The fourth-order valence-electron chi connectivity index (χ4n) is 2.40. The smallest absolute Gasteiger partial charge is 0.133 e. The quantitative estimate of drug-likeness (QED) is 0.800. The van der Waals surface area contributed by atoms with Crippen LogP contribution in [0.4, 0.5) is 0 Å². The zero-order valence-electron chi connectivity index (χ0n) is 11.3. The molecule has 2 aromatic carbocycles. The molecule has 0 amide bonds. The summed E-state index contributed by atoms with van der Waals surface area (Å²) in [6.07, 6.45) is -0.147. The summed E-state index contributed by atoms with van der Waals surface area (Å²) in [6.45, 7) is 0.624. The number of nitrogens with zero attached hydrogens (tertiary/aromatic N) is 1. The van der Waals surface area contributed by atoms with E-state index in [-0.39, 0.29) is 17.9 Å². The molecular weight excluding hydrogens is 266 g/mol. The lowest BCUT2D eigenvalue weighted by molar-refractivity contribution is 0.195. The number of hydrogen-bond acceptors (Lipinski definition) is 5. The van der Waals surface area contributed by atoms with E-state index in [1.165, 1.54) is 0 Å². The molecule has 1 fully saturated rings. The van der Waals surface area contributed by atoms with Crippen LogP contribution in [0.15, 0.2) is 48.5 Å². The van der Waals surface area contributed by atoms with E-state index in [4.69, 9.17) is 10.00 Å². The minimum atomic E-state index is -0.147. The maximum atomic E-state index is 9.96. The predicted molar refractivity (Wildman–Crippen MR) is 77.6 cm³/mol. The van der Waals surface area contributed by atoms with E-state index in [1.807, 2.05) is 12.1 Å². The summed E-state index contributed by atoms with van der Waals surface area (Å²) >= 11 is 0. The largest absolute Gasteiger partial charge is 0.508 e. The third-order valence-electron chi connectivity index (χ3n) is 3.48. The van der Waals surface area contributed by atoms with Crippen LogP contribution in [0.2, 0.25) is 0 Å². The molecule has 1 aliphatic rings. The molecule has 1 saturated heterocycles. The third kappa shape index (κ3) is 2.82. The number of para-hydroxylation sites is 1. The molecule has 0 spiro atoms. The molecule has 0 saturated carbocycles. The highest BCUT2D eigenvalue weighted by Crippen LogP contribution is 2.29. The Hall–Kier alpha value is -2.55. The summed E-state index contributed by atoms with van der Waals surface area (Å²) in [7, 11) is 0. The van der Waals surface area contributed by atoms with Gasteiger partial charge in [0.1, 0.15) is 17.6 Å². The van der Waals surface area contributed by atoms with Crippen LogP contribution in [-0.4, -0.2) is 17.8 Å². The molecular formula is C16H15N3O2. The summed E-state index contributed by atoms with van der Waals surface area (Å²) in [5, 5.41) is 18.8. The van der Waals surface area contributed by atoms with Gasteiger partial charge in [-0.25, -0.2) is 5.43 Å². The standard InChI is InChI=1S/C16H15N3O2/c17-9-11-5-7-12(8-6-11)21-15-10-18-19-16(15)13-3-1-2-4-14(13)20/h1-8,15-16,18-20H,10H2. The number of nitriles is 1. The highest BCUT2D eigenvalue weighted by molar-refractivity contribution is 5.37. The van der Waals surface area contributed by atoms with Crippen molar-refractivity contribution in [1.82, 2.24) is 10.9 Å². The zero-order chi connectivity index (χ0) is 14.7. The fourth-order valence-corrected chi connectivity index (χ4v) is 2.40. The van der Waals surface area contributed by atoms with E-state index in [0.717, 1.165) is 5.56 Å². The van der Waals surface area contributed by atoms with Gasteiger partial charge in [0.05, 0.1) is 17.7 Å². The van der Waals surface area contributed by atoms with Gasteiger partial charge in [-0.3, -0.25) is 5.43 Å². The van der Waals surface area contributed by atoms with Gasteiger partial charge in [-0.15, -0.1) is 0 Å². The first kappa shape index (κ1) is 13.4. The Balaban J connectivity index is 1.78. The first-order valence-electron chi connectivity index (χ1n) is 6.71. The average molecular weight is 281 g/mol. The minimum Gasteiger partial charge on any atom is -0.508 e. The Labute approximate surface area is 122 Å². The van der Waals surface area contributed by atoms with Gasteiger partial charge in [-0.05, 0) is 30.3 Å². The summed E-state index contributed by atoms with van der Waals surface area (Å²) in [5.41, 5.74) is 7.56. The van der Waals surface area contributed by atoms with Crippen LogP contribution in [0.1, 0.15) is 17.2 Å². The van der Waals surface area contributed by atoms with Gasteiger partial charge in [-0.1, -0.05) is 18.2 Å². The van der Waals surface area contributed by atoms with E-state index in [9.17, 15) is 5.11 Å². The Kier molecular flexibility index (Phi) is 3.73. The van der Waals surface area contributed by atoms with Crippen molar-refractivity contribution in [2.24, 2.45) is 0 Å². The normalized spacial score (nSPS) is 20.9. The Bertz CT molecular complexity index is 664. The second-order valence-corrected chi connectivity index (χ2v) is 4.85.